The number of fused-ring (bicyclic) bond motifs is 2. The Hall–Kier alpha value is -2.01. The van der Waals surface area contributed by atoms with Gasteiger partial charge in [0.15, 0.2) is 0 Å². The predicted molar refractivity (Wildman–Crippen MR) is 66.6 cm³/mol. The van der Waals surface area contributed by atoms with Crippen LogP contribution in [-0.2, 0) is 13.5 Å². The van der Waals surface area contributed by atoms with Crippen LogP contribution in [0.5, 0.6) is 11.6 Å². The van der Waals surface area contributed by atoms with Crippen molar-refractivity contribution in [3.63, 3.8) is 0 Å². The molecule has 0 fully saturated rings. The zero-order valence-corrected chi connectivity index (χ0v) is 10.2. The molecule has 0 atom stereocenters. The van der Waals surface area contributed by atoms with Gasteiger partial charge in [0.2, 0.25) is 5.88 Å². The van der Waals surface area contributed by atoms with Crippen LogP contribution in [0.2, 0.25) is 5.02 Å². The van der Waals surface area contributed by atoms with Gasteiger partial charge >= 0.3 is 5.69 Å². The molecule has 2 aromatic rings. The Morgan fingerprint density at radius 1 is 1.39 bits per heavy atom. The average Bonchev–Trinajstić information content (AvgIpc) is 2.35. The lowest BCUT2D eigenvalue weighted by molar-refractivity contribution is 0.430. The first-order valence-electron chi connectivity index (χ1n) is 5.35. The van der Waals surface area contributed by atoms with Gasteiger partial charge in [-0.15, -0.1) is 0 Å². The highest BCUT2D eigenvalue weighted by atomic mass is 35.5. The highest BCUT2D eigenvalue weighted by Crippen LogP contribution is 2.34. The second kappa shape index (κ2) is 3.74. The zero-order valence-electron chi connectivity index (χ0n) is 9.49. The van der Waals surface area contributed by atoms with Crippen molar-refractivity contribution >= 4 is 11.6 Å². The van der Waals surface area contributed by atoms with E-state index < -0.39 is 5.69 Å². The maximum atomic E-state index is 12.0. The van der Waals surface area contributed by atoms with Gasteiger partial charge in [-0.1, -0.05) is 11.6 Å². The van der Waals surface area contributed by atoms with Crippen LogP contribution in [0.3, 0.4) is 0 Å². The first kappa shape index (κ1) is 11.1. The van der Waals surface area contributed by atoms with E-state index in [9.17, 15) is 9.59 Å². The van der Waals surface area contributed by atoms with E-state index in [4.69, 9.17) is 16.3 Å². The third kappa shape index (κ3) is 1.55. The summed E-state index contributed by atoms with van der Waals surface area (Å²) in [5.74, 6) is 0.828. The predicted octanol–water partition coefficient (Wildman–Crippen LogP) is 1.42. The van der Waals surface area contributed by atoms with Crippen molar-refractivity contribution in [3.05, 3.63) is 55.2 Å². The molecule has 0 bridgehead atoms. The molecular weight excluding hydrogens is 256 g/mol. The van der Waals surface area contributed by atoms with Crippen molar-refractivity contribution in [1.29, 1.82) is 0 Å². The van der Waals surface area contributed by atoms with Crippen molar-refractivity contribution in [3.8, 4) is 11.6 Å². The molecule has 0 radical (unpaired) electrons. The van der Waals surface area contributed by atoms with E-state index in [1.54, 1.807) is 18.2 Å². The number of H-pyrrole nitrogens is 1. The molecular formula is C12H9ClN2O3. The van der Waals surface area contributed by atoms with Crippen LogP contribution >= 0.6 is 11.6 Å². The molecule has 1 aromatic carbocycles. The molecule has 6 heteroatoms. The Kier molecular flexibility index (Phi) is 2.31. The van der Waals surface area contributed by atoms with Gasteiger partial charge in [-0.2, -0.15) is 0 Å². The number of benzene rings is 1. The van der Waals surface area contributed by atoms with Gasteiger partial charge in [0.25, 0.3) is 5.56 Å². The van der Waals surface area contributed by atoms with Crippen LogP contribution in [0.1, 0.15) is 11.1 Å². The molecule has 18 heavy (non-hydrogen) atoms. The standard InChI is InChI=1S/C12H9ClN2O3/c1-15-11(16)8-5-6-4-7(13)2-3-9(6)18-10(8)14-12(15)17/h2-4H,5H2,1H3,(H,14,17). The molecule has 0 amide bonds. The average molecular weight is 265 g/mol. The lowest BCUT2D eigenvalue weighted by atomic mass is 10.0. The minimum absolute atomic E-state index is 0.220. The molecule has 1 aromatic heterocycles. The smallest absolute Gasteiger partial charge is 0.330 e. The number of ether oxygens (including phenoxy) is 1. The number of rotatable bonds is 0. The maximum absolute atomic E-state index is 12.0. The van der Waals surface area contributed by atoms with E-state index in [-0.39, 0.29) is 11.4 Å². The number of hydrogen-bond donors (Lipinski definition) is 1. The number of nitrogens with one attached hydrogen (secondary N) is 1. The number of hydrogen-bond acceptors (Lipinski definition) is 3. The highest BCUT2D eigenvalue weighted by molar-refractivity contribution is 6.30. The third-order valence-electron chi connectivity index (χ3n) is 2.96. The molecule has 92 valence electrons. The molecule has 0 saturated heterocycles. The number of nitrogens with zero attached hydrogens (tertiary/aromatic N) is 1. The molecule has 0 unspecified atom stereocenters. The SMILES string of the molecule is Cn1c(=O)[nH]c2c(c1=O)Cc1cc(Cl)ccc1O2. The fourth-order valence-corrected chi connectivity index (χ4v) is 2.17. The lowest BCUT2D eigenvalue weighted by Gasteiger charge is -2.19. The van der Waals surface area contributed by atoms with Crippen molar-refractivity contribution in [2.75, 3.05) is 0 Å². The summed E-state index contributed by atoms with van der Waals surface area (Å²) in [5.41, 5.74) is 0.432. The first-order valence-corrected chi connectivity index (χ1v) is 5.72. The largest absolute Gasteiger partial charge is 0.440 e. The van der Waals surface area contributed by atoms with Crippen LogP contribution in [0.4, 0.5) is 0 Å². The summed E-state index contributed by atoms with van der Waals surface area (Å²) in [6, 6.07) is 5.17. The van der Waals surface area contributed by atoms with Crippen LogP contribution in [0.15, 0.2) is 27.8 Å². The van der Waals surface area contributed by atoms with Crippen LogP contribution < -0.4 is 16.0 Å². The molecule has 0 aliphatic carbocycles. The normalized spacial score (nSPS) is 12.6. The summed E-state index contributed by atoms with van der Waals surface area (Å²) in [7, 11) is 1.43. The van der Waals surface area contributed by atoms with E-state index in [1.807, 2.05) is 0 Å². The molecule has 1 aliphatic heterocycles. The van der Waals surface area contributed by atoms with Crippen molar-refractivity contribution in [2.24, 2.45) is 7.05 Å². The molecule has 3 rings (SSSR count). The van der Waals surface area contributed by atoms with Crippen molar-refractivity contribution in [1.82, 2.24) is 9.55 Å². The summed E-state index contributed by atoms with van der Waals surface area (Å²) in [6.07, 6.45) is 0.397. The minimum atomic E-state index is -0.490. The first-order chi connectivity index (χ1) is 8.56. The summed E-state index contributed by atoms with van der Waals surface area (Å²) < 4.78 is 6.55. The van der Waals surface area contributed by atoms with Gasteiger partial charge < -0.3 is 4.74 Å². The Balaban J connectivity index is 2.23. The second-order valence-electron chi connectivity index (χ2n) is 4.13. The van der Waals surface area contributed by atoms with E-state index >= 15 is 0 Å². The summed E-state index contributed by atoms with van der Waals surface area (Å²) >= 11 is 5.90. The van der Waals surface area contributed by atoms with Crippen molar-refractivity contribution in [2.45, 2.75) is 6.42 Å². The van der Waals surface area contributed by atoms with Gasteiger partial charge in [0.1, 0.15) is 5.75 Å². The highest BCUT2D eigenvalue weighted by Gasteiger charge is 2.22. The van der Waals surface area contributed by atoms with Crippen LogP contribution in [0.25, 0.3) is 0 Å². The number of halogens is 1. The van der Waals surface area contributed by atoms with Crippen LogP contribution in [0, 0.1) is 0 Å². The van der Waals surface area contributed by atoms with E-state index in [1.165, 1.54) is 7.05 Å². The second-order valence-corrected chi connectivity index (χ2v) is 4.57. The van der Waals surface area contributed by atoms with Crippen molar-refractivity contribution < 1.29 is 4.74 Å². The fraction of sp³-hybridized carbons (Fsp3) is 0.167. The quantitative estimate of drug-likeness (QED) is 0.668. The molecule has 5 nitrogen and oxygen atoms in total. The van der Waals surface area contributed by atoms with Gasteiger partial charge in [-0.05, 0) is 18.2 Å². The monoisotopic (exact) mass is 264 g/mol. The molecule has 0 saturated carbocycles. The van der Waals surface area contributed by atoms with E-state index in [0.29, 0.717) is 22.8 Å². The number of aromatic nitrogens is 2. The van der Waals surface area contributed by atoms with Gasteiger partial charge in [0.05, 0.1) is 5.56 Å². The topological polar surface area (TPSA) is 64.1 Å². The Bertz CT molecular complexity index is 761. The van der Waals surface area contributed by atoms with Crippen LogP contribution in [-0.4, -0.2) is 9.55 Å². The Morgan fingerprint density at radius 3 is 2.94 bits per heavy atom. The van der Waals surface area contributed by atoms with E-state index in [2.05, 4.69) is 4.98 Å². The Labute approximate surface area is 107 Å². The van der Waals surface area contributed by atoms with E-state index in [0.717, 1.165) is 10.1 Å². The zero-order chi connectivity index (χ0) is 12.9. The molecule has 1 aliphatic rings. The molecule has 1 N–H and O–H groups in total. The number of aromatic amines is 1. The van der Waals surface area contributed by atoms with Gasteiger partial charge in [0, 0.05) is 24.1 Å². The Morgan fingerprint density at radius 2 is 2.17 bits per heavy atom. The summed E-state index contributed by atoms with van der Waals surface area (Å²) in [4.78, 5) is 26.0. The molecule has 2 heterocycles. The maximum Gasteiger partial charge on any atom is 0.330 e. The fourth-order valence-electron chi connectivity index (χ4n) is 1.98. The summed E-state index contributed by atoms with van der Waals surface area (Å²) in [6.45, 7) is 0. The summed E-state index contributed by atoms with van der Waals surface area (Å²) in [5, 5.41) is 0.585. The third-order valence-corrected chi connectivity index (χ3v) is 3.20. The van der Waals surface area contributed by atoms with Gasteiger partial charge in [-0.3, -0.25) is 14.3 Å². The lowest BCUT2D eigenvalue weighted by Crippen LogP contribution is -2.36. The van der Waals surface area contributed by atoms with Gasteiger partial charge in [-0.25, -0.2) is 4.79 Å². The molecule has 0 spiro atoms. The minimum Gasteiger partial charge on any atom is -0.440 e.